The third-order valence-corrected chi connectivity index (χ3v) is 9.23. The molecule has 3 aromatic heterocycles. The number of anilines is 2. The molecular formula is C33H37F2N7O5. The zero-order valence-electron chi connectivity index (χ0n) is 26.6. The van der Waals surface area contributed by atoms with E-state index in [0.29, 0.717) is 43.7 Å². The average molecular weight is 650 g/mol. The van der Waals surface area contributed by atoms with Crippen molar-refractivity contribution in [2.45, 2.75) is 77.8 Å². The molecule has 2 aliphatic rings. The molecule has 4 aromatic rings. The fourth-order valence-electron chi connectivity index (χ4n) is 6.86. The van der Waals surface area contributed by atoms with E-state index >= 15 is 8.78 Å². The van der Waals surface area contributed by atoms with E-state index in [1.54, 1.807) is 29.4 Å². The van der Waals surface area contributed by atoms with Gasteiger partial charge in [-0.1, -0.05) is 0 Å². The summed E-state index contributed by atoms with van der Waals surface area (Å²) in [7, 11) is 0. The SMILES string of the molecule is CCn1cc(C(=O)OC(=O)c2cn(CC)c3nc(N4CC(N)CC4C)c(F)cc3c2=O)c(=O)c2cc(F)c(N3CC(N)CC3C)cc21. The Labute approximate surface area is 268 Å². The molecule has 4 N–H and O–H groups in total. The average Bonchev–Trinajstić information content (AvgIpc) is 3.55. The summed E-state index contributed by atoms with van der Waals surface area (Å²) in [5.74, 6) is -3.99. The van der Waals surface area contributed by atoms with Crippen LogP contribution in [0, 0.1) is 11.6 Å². The molecule has 0 spiro atoms. The second kappa shape index (κ2) is 12.2. The van der Waals surface area contributed by atoms with Gasteiger partial charge in [0.05, 0.1) is 16.6 Å². The summed E-state index contributed by atoms with van der Waals surface area (Å²) in [4.78, 5) is 61.5. The predicted octanol–water partition coefficient (Wildman–Crippen LogP) is 2.88. The first-order valence-electron chi connectivity index (χ1n) is 15.7. The zero-order chi connectivity index (χ0) is 33.9. The molecule has 14 heteroatoms. The van der Waals surface area contributed by atoms with Crippen molar-refractivity contribution >= 4 is 45.4 Å². The number of benzene rings is 1. The summed E-state index contributed by atoms with van der Waals surface area (Å²) in [5, 5.41) is -0.249. The van der Waals surface area contributed by atoms with Crippen LogP contribution in [0.2, 0.25) is 0 Å². The number of aryl methyl sites for hydroxylation is 2. The zero-order valence-corrected chi connectivity index (χ0v) is 26.6. The van der Waals surface area contributed by atoms with E-state index in [2.05, 4.69) is 4.98 Å². The molecule has 12 nitrogen and oxygen atoms in total. The number of carbonyl (C=O) groups excluding carboxylic acids is 2. The van der Waals surface area contributed by atoms with Gasteiger partial charge in [-0.15, -0.1) is 0 Å². The molecule has 4 unspecified atom stereocenters. The number of halogens is 2. The molecule has 0 saturated carbocycles. The lowest BCUT2D eigenvalue weighted by atomic mass is 10.1. The van der Waals surface area contributed by atoms with Crippen LogP contribution in [0.5, 0.6) is 0 Å². The third-order valence-electron chi connectivity index (χ3n) is 9.23. The first kappa shape index (κ1) is 32.3. The number of nitrogens with two attached hydrogens (primary N) is 2. The van der Waals surface area contributed by atoms with Gasteiger partial charge in [-0.25, -0.2) is 23.4 Å². The quantitative estimate of drug-likeness (QED) is 0.235. The number of ether oxygens (including phenoxy) is 1. The fourth-order valence-corrected chi connectivity index (χ4v) is 6.86. The van der Waals surface area contributed by atoms with Gasteiger partial charge in [0.15, 0.2) is 11.6 Å². The molecule has 5 heterocycles. The van der Waals surface area contributed by atoms with Crippen molar-refractivity contribution in [2.75, 3.05) is 22.9 Å². The smallest absolute Gasteiger partial charge is 0.351 e. The summed E-state index contributed by atoms with van der Waals surface area (Å²) in [6, 6.07) is 3.32. The Morgan fingerprint density at radius 2 is 1.36 bits per heavy atom. The molecule has 2 aliphatic heterocycles. The van der Waals surface area contributed by atoms with Gasteiger partial charge in [0.25, 0.3) is 0 Å². The van der Waals surface area contributed by atoms with Crippen LogP contribution in [0.15, 0.2) is 40.2 Å². The van der Waals surface area contributed by atoms with Crippen molar-refractivity contribution < 1.29 is 23.1 Å². The summed E-state index contributed by atoms with van der Waals surface area (Å²) in [6.45, 7) is 8.78. The summed E-state index contributed by atoms with van der Waals surface area (Å²) in [6.07, 6.45) is 3.79. The van der Waals surface area contributed by atoms with Crippen LogP contribution in [0.3, 0.4) is 0 Å². The molecule has 6 rings (SSSR count). The topological polar surface area (TPSA) is 159 Å². The Bertz CT molecular complexity index is 1920. The number of hydrogen-bond acceptors (Lipinski definition) is 10. The summed E-state index contributed by atoms with van der Waals surface area (Å²) < 4.78 is 38.8. The van der Waals surface area contributed by atoms with Crippen molar-refractivity contribution in [3.8, 4) is 0 Å². The Morgan fingerprint density at radius 3 is 1.91 bits per heavy atom. The van der Waals surface area contributed by atoms with Crippen LogP contribution in [0.4, 0.5) is 20.3 Å². The minimum Gasteiger partial charge on any atom is -0.385 e. The lowest BCUT2D eigenvalue weighted by molar-refractivity contribution is 0.0395. The predicted molar refractivity (Wildman–Crippen MR) is 174 cm³/mol. The van der Waals surface area contributed by atoms with Crippen LogP contribution in [0.1, 0.15) is 61.3 Å². The van der Waals surface area contributed by atoms with E-state index in [4.69, 9.17) is 16.2 Å². The van der Waals surface area contributed by atoms with Crippen molar-refractivity contribution in [1.82, 2.24) is 14.1 Å². The number of fused-ring (bicyclic) bond motifs is 2. The second-order valence-electron chi connectivity index (χ2n) is 12.5. The van der Waals surface area contributed by atoms with Gasteiger partial charge in [0.1, 0.15) is 22.6 Å². The molecule has 47 heavy (non-hydrogen) atoms. The maximum atomic E-state index is 15.4. The van der Waals surface area contributed by atoms with Crippen LogP contribution in [-0.2, 0) is 17.8 Å². The van der Waals surface area contributed by atoms with Crippen molar-refractivity contribution in [1.29, 1.82) is 0 Å². The maximum absolute atomic E-state index is 15.4. The van der Waals surface area contributed by atoms with Crippen LogP contribution in [0.25, 0.3) is 21.9 Å². The molecule has 4 atom stereocenters. The molecule has 0 aliphatic carbocycles. The highest BCUT2D eigenvalue weighted by Crippen LogP contribution is 2.31. The lowest BCUT2D eigenvalue weighted by Crippen LogP contribution is -2.31. The van der Waals surface area contributed by atoms with E-state index < -0.39 is 45.6 Å². The Balaban J connectivity index is 1.35. The first-order chi connectivity index (χ1) is 22.3. The molecule has 1 aromatic carbocycles. The van der Waals surface area contributed by atoms with E-state index in [-0.39, 0.29) is 52.9 Å². The number of rotatable bonds is 6. The largest absolute Gasteiger partial charge is 0.385 e. The van der Waals surface area contributed by atoms with Gasteiger partial charge in [0.2, 0.25) is 10.9 Å². The minimum absolute atomic E-state index is 0.00608. The van der Waals surface area contributed by atoms with Gasteiger partial charge < -0.3 is 35.1 Å². The van der Waals surface area contributed by atoms with Gasteiger partial charge in [-0.05, 0) is 58.7 Å². The van der Waals surface area contributed by atoms with Crippen LogP contribution < -0.4 is 32.1 Å². The number of hydrogen-bond donors (Lipinski definition) is 2. The Kier molecular flexibility index (Phi) is 8.34. The molecule has 0 radical (unpaired) electrons. The van der Waals surface area contributed by atoms with Crippen molar-refractivity contribution in [2.24, 2.45) is 11.5 Å². The Hall–Kier alpha value is -4.69. The molecule has 0 amide bonds. The molecular weight excluding hydrogens is 612 g/mol. The number of pyridine rings is 3. The van der Waals surface area contributed by atoms with E-state index in [9.17, 15) is 19.2 Å². The van der Waals surface area contributed by atoms with E-state index in [1.165, 1.54) is 17.0 Å². The minimum atomic E-state index is -1.32. The molecule has 2 fully saturated rings. The number of carbonyl (C=O) groups is 2. The van der Waals surface area contributed by atoms with Crippen LogP contribution in [-0.4, -0.2) is 63.3 Å². The summed E-state index contributed by atoms with van der Waals surface area (Å²) in [5.41, 5.74) is 10.2. The standard InChI is InChI=1S/C33H37F2N7O5/c1-5-39-14-22(28(43)20-9-24(34)27(11-26(20)39)41-12-18(36)7-16(41)3)32(45)47-33(46)23-15-40(6-2)30-21(29(23)44)10-25(35)31(38-30)42-13-19(37)8-17(42)4/h9-11,14-19H,5-8,12-13,36-37H2,1-4H3. The van der Waals surface area contributed by atoms with Gasteiger partial charge in [-0.3, -0.25) is 9.59 Å². The fraction of sp³-hybridized carbons (Fsp3) is 0.424. The van der Waals surface area contributed by atoms with E-state index in [1.807, 2.05) is 18.7 Å². The third kappa shape index (κ3) is 5.54. The monoisotopic (exact) mass is 649 g/mol. The van der Waals surface area contributed by atoms with E-state index in [0.717, 1.165) is 12.1 Å². The Morgan fingerprint density at radius 1 is 0.830 bits per heavy atom. The molecule has 2 saturated heterocycles. The lowest BCUT2D eigenvalue weighted by Gasteiger charge is -2.25. The van der Waals surface area contributed by atoms with Crippen molar-refractivity contribution in [3.05, 3.63) is 73.8 Å². The normalized spacial score (nSPS) is 21.3. The number of nitrogens with zero attached hydrogens (tertiary/aromatic N) is 5. The molecule has 248 valence electrons. The number of esters is 2. The van der Waals surface area contributed by atoms with Gasteiger partial charge in [-0.2, -0.15) is 0 Å². The molecule has 0 bridgehead atoms. The van der Waals surface area contributed by atoms with Gasteiger partial charge in [0, 0.05) is 68.1 Å². The second-order valence-corrected chi connectivity index (χ2v) is 12.5. The number of aromatic nitrogens is 3. The summed E-state index contributed by atoms with van der Waals surface area (Å²) >= 11 is 0. The highest BCUT2D eigenvalue weighted by molar-refractivity contribution is 6.04. The van der Waals surface area contributed by atoms with Gasteiger partial charge >= 0.3 is 11.9 Å². The maximum Gasteiger partial charge on any atom is 0.351 e. The highest BCUT2D eigenvalue weighted by atomic mass is 19.1. The highest BCUT2D eigenvalue weighted by Gasteiger charge is 2.32. The van der Waals surface area contributed by atoms with Crippen LogP contribution >= 0.6 is 0 Å². The first-order valence-corrected chi connectivity index (χ1v) is 15.7. The van der Waals surface area contributed by atoms with Crippen molar-refractivity contribution in [3.63, 3.8) is 0 Å².